The largest absolute Gasteiger partial charge is 0.396 e. The molecule has 0 aliphatic heterocycles. The summed E-state index contributed by atoms with van der Waals surface area (Å²) >= 11 is 0. The Morgan fingerprint density at radius 1 is 1.25 bits per heavy atom. The van der Waals surface area contributed by atoms with Crippen molar-refractivity contribution in [2.45, 2.75) is 44.0 Å². The average molecular weight is 300 g/mol. The van der Waals surface area contributed by atoms with Gasteiger partial charge in [-0.15, -0.1) is 0 Å². The molecule has 0 heterocycles. The molecule has 0 bridgehead atoms. The lowest BCUT2D eigenvalue weighted by molar-refractivity contribution is 0.242. The molecular weight excluding hydrogens is 279 g/mol. The molecule has 1 aromatic rings. The molecule has 4 nitrogen and oxygen atoms in total. The first-order chi connectivity index (χ1) is 9.29. The molecule has 1 aliphatic rings. The number of halogens is 1. The maximum atomic E-state index is 13.4. The first kappa shape index (κ1) is 15.3. The van der Waals surface area contributed by atoms with Crippen molar-refractivity contribution in [2.75, 3.05) is 5.73 Å². The van der Waals surface area contributed by atoms with E-state index in [1.807, 2.05) is 0 Å². The molecule has 3 N–H and O–H groups in total. The zero-order chi connectivity index (χ0) is 14.9. The number of anilines is 1. The lowest BCUT2D eigenvalue weighted by Crippen LogP contribution is -2.39. The molecule has 0 spiro atoms. The summed E-state index contributed by atoms with van der Waals surface area (Å²) in [5.74, 6) is 0.392. The highest BCUT2D eigenvalue weighted by Gasteiger charge is 2.28. The van der Waals surface area contributed by atoms with Crippen LogP contribution in [0.1, 0.15) is 33.1 Å². The second-order valence-corrected chi connectivity index (χ2v) is 7.48. The summed E-state index contributed by atoms with van der Waals surface area (Å²) in [6, 6.07) is 3.49. The van der Waals surface area contributed by atoms with Gasteiger partial charge < -0.3 is 5.73 Å². The van der Waals surface area contributed by atoms with Crippen molar-refractivity contribution in [3.63, 3.8) is 0 Å². The van der Waals surface area contributed by atoms with E-state index in [1.165, 1.54) is 12.1 Å². The van der Waals surface area contributed by atoms with Gasteiger partial charge in [0.25, 0.3) is 0 Å². The normalized spacial score (nSPS) is 27.4. The van der Waals surface area contributed by atoms with Crippen LogP contribution in [0.25, 0.3) is 0 Å². The third-order valence-electron chi connectivity index (χ3n) is 4.20. The minimum absolute atomic E-state index is 0.0518. The fourth-order valence-electron chi connectivity index (χ4n) is 2.62. The fraction of sp³-hybridized carbons (Fsp3) is 0.571. The van der Waals surface area contributed by atoms with Crippen molar-refractivity contribution in [3.05, 3.63) is 24.0 Å². The number of nitrogen functional groups attached to an aromatic ring is 1. The monoisotopic (exact) mass is 300 g/mol. The molecule has 20 heavy (non-hydrogen) atoms. The Bertz CT molecular complexity index is 589. The molecule has 6 heteroatoms. The Labute approximate surface area is 119 Å². The highest BCUT2D eigenvalue weighted by molar-refractivity contribution is 7.89. The molecule has 1 fully saturated rings. The minimum atomic E-state index is -3.69. The quantitative estimate of drug-likeness (QED) is 0.843. The van der Waals surface area contributed by atoms with Gasteiger partial charge in [-0.05, 0) is 49.3 Å². The number of rotatable bonds is 3. The summed E-state index contributed by atoms with van der Waals surface area (Å²) in [7, 11) is -3.69. The van der Waals surface area contributed by atoms with Crippen LogP contribution in [0.2, 0.25) is 0 Å². The molecule has 3 atom stereocenters. The van der Waals surface area contributed by atoms with Crippen LogP contribution < -0.4 is 10.5 Å². The number of sulfonamides is 1. The Kier molecular flexibility index (Phi) is 4.34. The van der Waals surface area contributed by atoms with Crippen LogP contribution in [0, 0.1) is 17.7 Å². The van der Waals surface area contributed by atoms with Gasteiger partial charge in [0.2, 0.25) is 10.0 Å². The van der Waals surface area contributed by atoms with Gasteiger partial charge in [-0.3, -0.25) is 0 Å². The smallest absolute Gasteiger partial charge is 0.240 e. The number of nitrogens with two attached hydrogens (primary N) is 1. The average Bonchev–Trinajstić information content (AvgIpc) is 2.37. The molecular formula is C14H21FN2O2S. The second kappa shape index (κ2) is 5.69. The number of nitrogens with one attached hydrogen (secondary N) is 1. The fourth-order valence-corrected chi connectivity index (χ4v) is 3.91. The molecule has 2 rings (SSSR count). The van der Waals surface area contributed by atoms with E-state index in [1.54, 1.807) is 0 Å². The van der Waals surface area contributed by atoms with Crippen molar-refractivity contribution in [2.24, 2.45) is 11.8 Å². The van der Waals surface area contributed by atoms with Crippen LogP contribution in [0.4, 0.5) is 10.1 Å². The third-order valence-corrected chi connectivity index (χ3v) is 5.72. The van der Waals surface area contributed by atoms with E-state index in [0.717, 1.165) is 25.3 Å². The van der Waals surface area contributed by atoms with E-state index in [4.69, 9.17) is 5.73 Å². The van der Waals surface area contributed by atoms with E-state index < -0.39 is 15.8 Å². The summed E-state index contributed by atoms with van der Waals surface area (Å²) in [5, 5.41) is 0. The van der Waals surface area contributed by atoms with Crippen LogP contribution >= 0.6 is 0 Å². The summed E-state index contributed by atoms with van der Waals surface area (Å²) in [4.78, 5) is -0.0736. The lowest BCUT2D eigenvalue weighted by atomic mass is 9.79. The third kappa shape index (κ3) is 3.30. The molecule has 1 saturated carbocycles. The Morgan fingerprint density at radius 3 is 2.55 bits per heavy atom. The summed E-state index contributed by atoms with van der Waals surface area (Å²) in [5.41, 5.74) is 5.31. The first-order valence-electron chi connectivity index (χ1n) is 6.87. The van der Waals surface area contributed by atoms with Crippen molar-refractivity contribution in [1.29, 1.82) is 0 Å². The molecule has 112 valence electrons. The predicted molar refractivity (Wildman–Crippen MR) is 77.1 cm³/mol. The molecule has 1 aromatic carbocycles. The Balaban J connectivity index is 2.13. The van der Waals surface area contributed by atoms with Gasteiger partial charge in [0, 0.05) is 6.04 Å². The number of hydrogen-bond acceptors (Lipinski definition) is 3. The van der Waals surface area contributed by atoms with Gasteiger partial charge in [-0.25, -0.2) is 17.5 Å². The van der Waals surface area contributed by atoms with Crippen LogP contribution in [0.3, 0.4) is 0 Å². The number of benzene rings is 1. The van der Waals surface area contributed by atoms with E-state index in [-0.39, 0.29) is 16.6 Å². The summed E-state index contributed by atoms with van der Waals surface area (Å²) in [6.45, 7) is 4.32. The first-order valence-corrected chi connectivity index (χ1v) is 8.35. The van der Waals surface area contributed by atoms with Gasteiger partial charge in [-0.2, -0.15) is 0 Å². The number of hydrogen-bond donors (Lipinski definition) is 2. The van der Waals surface area contributed by atoms with E-state index in [0.29, 0.717) is 11.8 Å². The van der Waals surface area contributed by atoms with E-state index >= 15 is 0 Å². The lowest BCUT2D eigenvalue weighted by Gasteiger charge is -2.32. The maximum Gasteiger partial charge on any atom is 0.240 e. The molecule has 3 unspecified atom stereocenters. The van der Waals surface area contributed by atoms with E-state index in [2.05, 4.69) is 18.6 Å². The molecule has 0 radical (unpaired) electrons. The maximum absolute atomic E-state index is 13.4. The van der Waals surface area contributed by atoms with Gasteiger partial charge in [0.05, 0.1) is 10.6 Å². The van der Waals surface area contributed by atoms with Gasteiger partial charge in [0.1, 0.15) is 5.82 Å². The van der Waals surface area contributed by atoms with Crippen LogP contribution in [-0.2, 0) is 10.0 Å². The summed E-state index contributed by atoms with van der Waals surface area (Å²) < 4.78 is 40.5. The van der Waals surface area contributed by atoms with Crippen molar-refractivity contribution in [1.82, 2.24) is 4.72 Å². The zero-order valence-corrected chi connectivity index (χ0v) is 12.6. The van der Waals surface area contributed by atoms with Gasteiger partial charge in [-0.1, -0.05) is 13.8 Å². The van der Waals surface area contributed by atoms with Crippen molar-refractivity contribution in [3.8, 4) is 0 Å². The SMILES string of the molecule is CC1CCC(NS(=O)(=O)c2ccc(N)c(F)c2)CC1C. The zero-order valence-electron chi connectivity index (χ0n) is 11.8. The minimum Gasteiger partial charge on any atom is -0.396 e. The highest BCUT2D eigenvalue weighted by atomic mass is 32.2. The van der Waals surface area contributed by atoms with Crippen molar-refractivity contribution < 1.29 is 12.8 Å². The highest BCUT2D eigenvalue weighted by Crippen LogP contribution is 2.30. The van der Waals surface area contributed by atoms with Crippen LogP contribution in [-0.4, -0.2) is 14.5 Å². The van der Waals surface area contributed by atoms with Gasteiger partial charge >= 0.3 is 0 Å². The van der Waals surface area contributed by atoms with Crippen molar-refractivity contribution >= 4 is 15.7 Å². The standard InChI is InChI=1S/C14H21FN2O2S/c1-9-3-4-11(7-10(9)2)17-20(18,19)12-5-6-14(16)13(15)8-12/h5-6,8-11,17H,3-4,7,16H2,1-2H3. The predicted octanol–water partition coefficient (Wildman–Crippen LogP) is 2.51. The summed E-state index contributed by atoms with van der Waals surface area (Å²) in [6.07, 6.45) is 2.64. The van der Waals surface area contributed by atoms with Crippen LogP contribution in [0.5, 0.6) is 0 Å². The van der Waals surface area contributed by atoms with Gasteiger partial charge in [0.15, 0.2) is 0 Å². The Hall–Kier alpha value is -1.14. The molecule has 0 aromatic heterocycles. The van der Waals surface area contributed by atoms with Crippen LogP contribution in [0.15, 0.2) is 23.1 Å². The molecule has 0 saturated heterocycles. The van der Waals surface area contributed by atoms with E-state index in [9.17, 15) is 12.8 Å². The molecule has 1 aliphatic carbocycles. The Morgan fingerprint density at radius 2 is 1.95 bits per heavy atom. The topological polar surface area (TPSA) is 72.2 Å². The second-order valence-electron chi connectivity index (χ2n) is 5.77. The molecule has 0 amide bonds.